The first kappa shape index (κ1) is 22.4. The molecule has 1 aliphatic carbocycles. The van der Waals surface area contributed by atoms with Crippen LogP contribution in [0, 0.1) is 5.82 Å². The van der Waals surface area contributed by atoms with Gasteiger partial charge in [-0.2, -0.15) is 10.1 Å². The molecule has 1 atom stereocenters. The summed E-state index contributed by atoms with van der Waals surface area (Å²) in [5.41, 5.74) is 2.72. The summed E-state index contributed by atoms with van der Waals surface area (Å²) >= 11 is 0. The molecule has 10 heteroatoms. The van der Waals surface area contributed by atoms with E-state index < -0.39 is 0 Å². The molecule has 4 N–H and O–H groups in total. The second kappa shape index (κ2) is 9.09. The van der Waals surface area contributed by atoms with E-state index in [4.69, 9.17) is 4.74 Å². The van der Waals surface area contributed by atoms with Crippen LogP contribution in [-0.4, -0.2) is 44.0 Å². The Bertz CT molecular complexity index is 1190. The first-order valence-corrected chi connectivity index (χ1v) is 11.7. The molecular weight excluding hydrogens is 437 g/mol. The third-order valence-corrected chi connectivity index (χ3v) is 6.09. The van der Waals surface area contributed by atoms with Gasteiger partial charge < -0.3 is 25.8 Å². The van der Waals surface area contributed by atoms with Gasteiger partial charge in [-0.3, -0.25) is 4.68 Å². The average molecular weight is 468 g/mol. The van der Waals surface area contributed by atoms with Crippen LogP contribution < -0.4 is 20.7 Å². The summed E-state index contributed by atoms with van der Waals surface area (Å²) in [6.07, 6.45) is 6.17. The van der Waals surface area contributed by atoms with Crippen molar-refractivity contribution in [3.63, 3.8) is 0 Å². The molecule has 2 aromatic heterocycles. The zero-order valence-corrected chi connectivity index (χ0v) is 19.6. The standard InChI is InChI=1S/C24H30FN7O2/c1-13(2)22-19(12-32(3)31-22)28-23-20(33)11-27-24(30-23)29-18-9-17(25)16(14-6-7-26-10-14)8-21(18)34-15-4-5-15/h8-9,11-15,26,33H,4-7,10H2,1-3H3,(H2,27,28,29,30). The van der Waals surface area contributed by atoms with Gasteiger partial charge in [0.15, 0.2) is 11.6 Å². The van der Waals surface area contributed by atoms with E-state index in [1.54, 1.807) is 10.7 Å². The molecule has 180 valence electrons. The van der Waals surface area contributed by atoms with E-state index in [-0.39, 0.29) is 41.3 Å². The van der Waals surface area contributed by atoms with Crippen LogP contribution in [0.2, 0.25) is 0 Å². The Labute approximate surface area is 197 Å². The lowest BCUT2D eigenvalue weighted by molar-refractivity contribution is 0.303. The van der Waals surface area contributed by atoms with Gasteiger partial charge in [-0.25, -0.2) is 9.37 Å². The molecule has 0 spiro atoms. The van der Waals surface area contributed by atoms with E-state index in [1.165, 1.54) is 12.3 Å². The lowest BCUT2D eigenvalue weighted by Gasteiger charge is -2.17. The Hall–Kier alpha value is -3.40. The van der Waals surface area contributed by atoms with Gasteiger partial charge in [0.2, 0.25) is 5.95 Å². The number of nitrogens with one attached hydrogen (secondary N) is 3. The Morgan fingerprint density at radius 2 is 2.03 bits per heavy atom. The van der Waals surface area contributed by atoms with Gasteiger partial charge in [-0.1, -0.05) is 13.8 Å². The van der Waals surface area contributed by atoms with Crippen LogP contribution in [0.3, 0.4) is 0 Å². The predicted octanol–water partition coefficient (Wildman–Crippen LogP) is 4.28. The molecule has 3 aromatic rings. The number of aromatic nitrogens is 4. The second-order valence-corrected chi connectivity index (χ2v) is 9.31. The van der Waals surface area contributed by atoms with Gasteiger partial charge in [0.1, 0.15) is 11.6 Å². The van der Waals surface area contributed by atoms with Crippen molar-refractivity contribution in [3.8, 4) is 11.5 Å². The fourth-order valence-electron chi connectivity index (χ4n) is 4.17. The van der Waals surface area contributed by atoms with Gasteiger partial charge in [0.25, 0.3) is 0 Å². The number of aryl methyl sites for hydroxylation is 1. The Kier molecular flexibility index (Phi) is 5.99. The summed E-state index contributed by atoms with van der Waals surface area (Å²) in [5.74, 6) is 0.959. The van der Waals surface area contributed by atoms with Crippen LogP contribution in [0.1, 0.15) is 56.2 Å². The van der Waals surface area contributed by atoms with Crippen LogP contribution in [-0.2, 0) is 7.05 Å². The molecule has 0 radical (unpaired) electrons. The summed E-state index contributed by atoms with van der Waals surface area (Å²) in [4.78, 5) is 8.61. The highest BCUT2D eigenvalue weighted by Crippen LogP contribution is 2.38. The molecule has 9 nitrogen and oxygen atoms in total. The Balaban J connectivity index is 1.43. The zero-order valence-electron chi connectivity index (χ0n) is 19.6. The molecule has 0 amide bonds. The van der Waals surface area contributed by atoms with E-state index in [0.29, 0.717) is 17.0 Å². The molecule has 1 saturated heterocycles. The monoisotopic (exact) mass is 467 g/mol. The van der Waals surface area contributed by atoms with Crippen molar-refractivity contribution < 1.29 is 14.2 Å². The van der Waals surface area contributed by atoms with Crippen LogP contribution in [0.15, 0.2) is 24.5 Å². The topological polar surface area (TPSA) is 109 Å². The van der Waals surface area contributed by atoms with Crippen molar-refractivity contribution in [2.75, 3.05) is 23.7 Å². The smallest absolute Gasteiger partial charge is 0.229 e. The summed E-state index contributed by atoms with van der Waals surface area (Å²) < 4.78 is 22.9. The van der Waals surface area contributed by atoms with E-state index in [1.807, 2.05) is 27.1 Å². The third-order valence-electron chi connectivity index (χ3n) is 6.09. The maximum absolute atomic E-state index is 15.1. The lowest BCUT2D eigenvalue weighted by atomic mass is 9.97. The van der Waals surface area contributed by atoms with Gasteiger partial charge in [0.05, 0.1) is 29.4 Å². The van der Waals surface area contributed by atoms with Crippen LogP contribution >= 0.6 is 0 Å². The van der Waals surface area contributed by atoms with E-state index in [0.717, 1.165) is 43.7 Å². The SMILES string of the molecule is CC(C)c1nn(C)cc1Nc1nc(Nc2cc(F)c(C3CCNC3)cc2OC2CC2)ncc1O. The highest BCUT2D eigenvalue weighted by atomic mass is 19.1. The fraction of sp³-hybridized carbons (Fsp3) is 0.458. The number of benzene rings is 1. The normalized spacial score (nSPS) is 17.9. The molecule has 3 heterocycles. The molecule has 34 heavy (non-hydrogen) atoms. The fourth-order valence-corrected chi connectivity index (χ4v) is 4.17. The van der Waals surface area contributed by atoms with Gasteiger partial charge in [-0.05, 0) is 43.4 Å². The minimum absolute atomic E-state index is 0.103. The average Bonchev–Trinajstić information content (AvgIpc) is 3.28. The zero-order chi connectivity index (χ0) is 23.8. The minimum Gasteiger partial charge on any atom is -0.503 e. The summed E-state index contributed by atoms with van der Waals surface area (Å²) in [5, 5.41) is 24.3. The number of hydrogen-bond donors (Lipinski definition) is 4. The van der Waals surface area contributed by atoms with Crippen molar-refractivity contribution in [1.82, 2.24) is 25.1 Å². The van der Waals surface area contributed by atoms with E-state index in [9.17, 15) is 5.11 Å². The summed E-state index contributed by atoms with van der Waals surface area (Å²) in [7, 11) is 1.84. The summed E-state index contributed by atoms with van der Waals surface area (Å²) in [6.45, 7) is 5.73. The van der Waals surface area contributed by atoms with Crippen LogP contribution in [0.5, 0.6) is 11.5 Å². The van der Waals surface area contributed by atoms with Gasteiger partial charge in [-0.15, -0.1) is 0 Å². The number of ether oxygens (including phenoxy) is 1. The van der Waals surface area contributed by atoms with E-state index >= 15 is 4.39 Å². The quantitative estimate of drug-likeness (QED) is 0.389. The lowest BCUT2D eigenvalue weighted by Crippen LogP contribution is -2.10. The van der Waals surface area contributed by atoms with E-state index in [2.05, 4.69) is 31.0 Å². The summed E-state index contributed by atoms with van der Waals surface area (Å²) in [6, 6.07) is 3.25. The molecule has 2 fully saturated rings. The van der Waals surface area contributed by atoms with Crippen molar-refractivity contribution >= 4 is 23.1 Å². The van der Waals surface area contributed by atoms with Crippen molar-refractivity contribution in [2.24, 2.45) is 7.05 Å². The largest absolute Gasteiger partial charge is 0.503 e. The molecule has 1 unspecified atom stereocenters. The highest BCUT2D eigenvalue weighted by Gasteiger charge is 2.28. The maximum atomic E-state index is 15.1. The molecule has 5 rings (SSSR count). The first-order valence-electron chi connectivity index (χ1n) is 11.7. The Morgan fingerprint density at radius 1 is 1.21 bits per heavy atom. The van der Waals surface area contributed by atoms with Gasteiger partial charge in [0, 0.05) is 31.8 Å². The molecule has 1 aromatic carbocycles. The van der Waals surface area contributed by atoms with Crippen LogP contribution in [0.25, 0.3) is 0 Å². The number of aromatic hydroxyl groups is 1. The minimum atomic E-state index is -0.284. The molecule has 0 bridgehead atoms. The van der Waals surface area contributed by atoms with Crippen LogP contribution in [0.4, 0.5) is 27.5 Å². The number of anilines is 4. The highest BCUT2D eigenvalue weighted by molar-refractivity contribution is 5.68. The molecule has 2 aliphatic rings. The number of rotatable bonds is 8. The predicted molar refractivity (Wildman–Crippen MR) is 128 cm³/mol. The molecular formula is C24H30FN7O2. The maximum Gasteiger partial charge on any atom is 0.229 e. The third kappa shape index (κ3) is 4.77. The number of nitrogens with zero attached hydrogens (tertiary/aromatic N) is 4. The molecule has 1 saturated carbocycles. The second-order valence-electron chi connectivity index (χ2n) is 9.31. The number of halogens is 1. The van der Waals surface area contributed by atoms with Crippen molar-refractivity contribution in [1.29, 1.82) is 0 Å². The first-order chi connectivity index (χ1) is 16.4. The molecule has 1 aliphatic heterocycles. The van der Waals surface area contributed by atoms with Crippen molar-refractivity contribution in [2.45, 2.75) is 51.0 Å². The van der Waals surface area contributed by atoms with Gasteiger partial charge >= 0.3 is 0 Å². The van der Waals surface area contributed by atoms with Crippen molar-refractivity contribution in [3.05, 3.63) is 41.6 Å². The number of hydrogen-bond acceptors (Lipinski definition) is 8. The Morgan fingerprint density at radius 3 is 2.74 bits per heavy atom.